The molecule has 2 aromatic rings. The summed E-state index contributed by atoms with van der Waals surface area (Å²) in [4.78, 5) is -0.0680. The van der Waals surface area contributed by atoms with Crippen molar-refractivity contribution >= 4 is 77.9 Å². The maximum absolute atomic E-state index is 11.6. The summed E-state index contributed by atoms with van der Waals surface area (Å²) >= 11 is 6.76. The lowest BCUT2D eigenvalue weighted by atomic mass is 10.0. The van der Waals surface area contributed by atoms with Gasteiger partial charge in [0.15, 0.2) is 0 Å². The molecule has 0 unspecified atom stereocenters. The first-order valence-electron chi connectivity index (χ1n) is 8.03. The van der Waals surface area contributed by atoms with Crippen molar-refractivity contribution in [3.63, 3.8) is 0 Å². The number of aryl methyl sites for hydroxylation is 1. The fraction of sp³-hybridized carbons (Fsp3) is 0.333. The number of ether oxygens (including phenoxy) is 2. The topological polar surface area (TPSA) is 72.8 Å². The van der Waals surface area contributed by atoms with Crippen molar-refractivity contribution in [2.45, 2.75) is 31.6 Å². The smallest absolute Gasteiger partial charge is 0.294 e. The molecule has 0 spiro atoms. The Bertz CT molecular complexity index is 919. The molecular weight excluding hydrogens is 709 g/mol. The number of halogens is 3. The number of hydrogen-bond acceptors (Lipinski definition) is 4. The lowest BCUT2D eigenvalue weighted by Crippen LogP contribution is -2.12. The predicted octanol–water partition coefficient (Wildman–Crippen LogP) is 5.64. The summed E-state index contributed by atoms with van der Waals surface area (Å²) in [6, 6.07) is 7.23. The van der Waals surface area contributed by atoms with Crippen LogP contribution in [0.4, 0.5) is 0 Å². The van der Waals surface area contributed by atoms with Gasteiger partial charge in [-0.2, -0.15) is 8.42 Å². The van der Waals surface area contributed by atoms with Crippen LogP contribution in [0.5, 0.6) is 11.5 Å². The summed E-state index contributed by atoms with van der Waals surface area (Å²) in [5, 5.41) is 0. The van der Waals surface area contributed by atoms with Crippen LogP contribution in [0.2, 0.25) is 0 Å². The maximum Gasteiger partial charge on any atom is 0.294 e. The molecule has 0 saturated carbocycles. The number of hydrogen-bond donors (Lipinski definition) is 1. The van der Waals surface area contributed by atoms with Gasteiger partial charge in [-0.15, -0.1) is 0 Å². The zero-order valence-electron chi connectivity index (χ0n) is 14.9. The molecule has 0 atom stereocenters. The minimum Gasteiger partial charge on any atom is -0.490 e. The fourth-order valence-electron chi connectivity index (χ4n) is 2.47. The first kappa shape index (κ1) is 23.4. The third kappa shape index (κ3) is 6.31. The van der Waals surface area contributed by atoms with Crippen molar-refractivity contribution in [3.05, 3.63) is 46.1 Å². The zero-order valence-corrected chi connectivity index (χ0v) is 22.2. The zero-order chi connectivity index (χ0) is 20.4. The molecule has 1 N–H and O–H groups in total. The molecule has 2 rings (SSSR count). The van der Waals surface area contributed by atoms with E-state index in [1.165, 1.54) is 6.07 Å². The Balaban J connectivity index is 2.12. The standard InChI is InChI=1S/C18H19I3O5S/c1-10(2)13-9-16(11(3)6-17(13)27(22,23)24)25-4-5-26-18-14(20)7-12(19)8-15(18)21/h6-10H,4-5H2,1-3H3,(H,22,23,24). The molecule has 0 aromatic heterocycles. The molecule has 2 aromatic carbocycles. The third-order valence-electron chi connectivity index (χ3n) is 3.76. The molecular formula is C18H19I3O5S. The van der Waals surface area contributed by atoms with Gasteiger partial charge >= 0.3 is 0 Å². The summed E-state index contributed by atoms with van der Waals surface area (Å²) < 4.78 is 47.6. The molecule has 0 aliphatic heterocycles. The quantitative estimate of drug-likeness (QED) is 0.227. The van der Waals surface area contributed by atoms with E-state index in [9.17, 15) is 13.0 Å². The Hall–Kier alpha value is 0.140. The van der Waals surface area contributed by atoms with Crippen LogP contribution in [0.15, 0.2) is 29.2 Å². The van der Waals surface area contributed by atoms with Crippen LogP contribution in [0, 0.1) is 17.6 Å². The van der Waals surface area contributed by atoms with Gasteiger partial charge in [-0.3, -0.25) is 4.55 Å². The average molecular weight is 728 g/mol. The number of rotatable bonds is 7. The lowest BCUT2D eigenvalue weighted by molar-refractivity contribution is 0.214. The Morgan fingerprint density at radius 3 is 2.07 bits per heavy atom. The minimum absolute atomic E-state index is 0.0680. The van der Waals surface area contributed by atoms with Crippen LogP contribution in [-0.4, -0.2) is 26.2 Å². The van der Waals surface area contributed by atoms with Gasteiger partial charge < -0.3 is 9.47 Å². The highest BCUT2D eigenvalue weighted by Gasteiger charge is 2.20. The summed E-state index contributed by atoms with van der Waals surface area (Å²) in [5.41, 5.74) is 1.17. The van der Waals surface area contributed by atoms with Gasteiger partial charge in [0, 0.05) is 3.57 Å². The summed E-state index contributed by atoms with van der Waals surface area (Å²) in [6.07, 6.45) is 0. The normalized spacial score (nSPS) is 11.7. The molecule has 148 valence electrons. The molecule has 0 heterocycles. The van der Waals surface area contributed by atoms with Crippen molar-refractivity contribution < 1.29 is 22.4 Å². The molecule has 0 bridgehead atoms. The van der Waals surface area contributed by atoms with Gasteiger partial charge in [-0.05, 0) is 116 Å². The van der Waals surface area contributed by atoms with Gasteiger partial charge in [0.2, 0.25) is 0 Å². The van der Waals surface area contributed by atoms with Crippen molar-refractivity contribution in [2.24, 2.45) is 0 Å². The second-order valence-electron chi connectivity index (χ2n) is 6.18. The Morgan fingerprint density at radius 1 is 1.00 bits per heavy atom. The molecule has 0 saturated heterocycles. The monoisotopic (exact) mass is 728 g/mol. The van der Waals surface area contributed by atoms with Crippen LogP contribution in [0.25, 0.3) is 0 Å². The van der Waals surface area contributed by atoms with Crippen molar-refractivity contribution in [3.8, 4) is 11.5 Å². The van der Waals surface area contributed by atoms with Crippen LogP contribution < -0.4 is 9.47 Å². The minimum atomic E-state index is -4.27. The SMILES string of the molecule is Cc1cc(S(=O)(=O)O)c(C(C)C)cc1OCCOc1c(I)cc(I)cc1I. The molecule has 0 fully saturated rings. The molecule has 0 radical (unpaired) electrons. The molecule has 0 amide bonds. The van der Waals surface area contributed by atoms with Gasteiger partial charge in [0.25, 0.3) is 10.1 Å². The number of benzene rings is 2. The fourth-order valence-corrected chi connectivity index (χ4v) is 7.28. The molecule has 9 heteroatoms. The van der Waals surface area contributed by atoms with Crippen molar-refractivity contribution in [1.29, 1.82) is 0 Å². The Morgan fingerprint density at radius 2 is 1.56 bits per heavy atom. The maximum atomic E-state index is 11.6. The highest BCUT2D eigenvalue weighted by molar-refractivity contribution is 14.1. The van der Waals surface area contributed by atoms with E-state index in [4.69, 9.17) is 9.47 Å². The van der Waals surface area contributed by atoms with E-state index in [1.807, 2.05) is 26.0 Å². The summed E-state index contributed by atoms with van der Waals surface area (Å²) in [5.74, 6) is 1.35. The van der Waals surface area contributed by atoms with Gasteiger partial charge in [-0.25, -0.2) is 0 Å². The first-order valence-corrected chi connectivity index (χ1v) is 12.7. The van der Waals surface area contributed by atoms with E-state index in [-0.39, 0.29) is 10.8 Å². The van der Waals surface area contributed by atoms with E-state index in [2.05, 4.69) is 67.8 Å². The Kier molecular flexibility index (Phi) is 8.47. The second-order valence-corrected chi connectivity index (χ2v) is 11.1. The van der Waals surface area contributed by atoms with Gasteiger partial charge in [0.05, 0.1) is 12.0 Å². The van der Waals surface area contributed by atoms with Crippen LogP contribution in [0.3, 0.4) is 0 Å². The molecule has 0 aliphatic rings. The third-order valence-corrected chi connectivity index (χ3v) is 6.89. The largest absolute Gasteiger partial charge is 0.490 e. The van der Waals surface area contributed by atoms with E-state index in [1.54, 1.807) is 13.0 Å². The van der Waals surface area contributed by atoms with Crippen LogP contribution in [-0.2, 0) is 10.1 Å². The average Bonchev–Trinajstić information content (AvgIpc) is 2.52. The predicted molar refractivity (Wildman–Crippen MR) is 131 cm³/mol. The van der Waals surface area contributed by atoms with Crippen LogP contribution >= 0.6 is 67.8 Å². The Labute approximate surface area is 200 Å². The van der Waals surface area contributed by atoms with E-state index in [0.717, 1.165) is 16.5 Å². The van der Waals surface area contributed by atoms with Crippen molar-refractivity contribution in [2.75, 3.05) is 13.2 Å². The summed E-state index contributed by atoms with van der Waals surface area (Å²) in [7, 11) is -4.27. The molecule has 0 aliphatic carbocycles. The highest BCUT2D eigenvalue weighted by Crippen LogP contribution is 2.32. The van der Waals surface area contributed by atoms with Crippen LogP contribution in [0.1, 0.15) is 30.9 Å². The van der Waals surface area contributed by atoms with Gasteiger partial charge in [-0.1, -0.05) is 13.8 Å². The highest BCUT2D eigenvalue weighted by atomic mass is 127. The van der Waals surface area contributed by atoms with E-state index in [0.29, 0.717) is 30.1 Å². The molecule has 27 heavy (non-hydrogen) atoms. The second kappa shape index (κ2) is 9.76. The first-order chi connectivity index (χ1) is 12.5. The summed E-state index contributed by atoms with van der Waals surface area (Å²) in [6.45, 7) is 6.17. The lowest BCUT2D eigenvalue weighted by Gasteiger charge is -2.17. The van der Waals surface area contributed by atoms with Gasteiger partial charge in [0.1, 0.15) is 24.7 Å². The molecule has 5 nitrogen and oxygen atoms in total. The van der Waals surface area contributed by atoms with Crippen molar-refractivity contribution in [1.82, 2.24) is 0 Å². The van der Waals surface area contributed by atoms with E-state index < -0.39 is 10.1 Å². The van der Waals surface area contributed by atoms with E-state index >= 15 is 0 Å².